The number of hydrogen-bond donors (Lipinski definition) is 5. The number of benzene rings is 2. The molecule has 5 N–H and O–H groups in total. The van der Waals surface area contributed by atoms with E-state index in [1.165, 1.54) is 17.5 Å². The van der Waals surface area contributed by atoms with Crippen LogP contribution in [0.1, 0.15) is 22.9 Å². The van der Waals surface area contributed by atoms with Gasteiger partial charge in [-0.15, -0.1) is 16.9 Å². The average molecular weight is 553 g/mol. The largest absolute Gasteiger partial charge is 0.394 e. The lowest BCUT2D eigenvalue weighted by molar-refractivity contribution is 0.195. The first-order valence-electron chi connectivity index (χ1n) is 11.3. The number of aliphatic hydroxyl groups is 1. The van der Waals surface area contributed by atoms with Crippen LogP contribution < -0.4 is 21.6 Å². The van der Waals surface area contributed by atoms with Crippen LogP contribution in [-0.4, -0.2) is 33.2 Å². The Hall–Kier alpha value is -3.59. The van der Waals surface area contributed by atoms with Gasteiger partial charge in [0.25, 0.3) is 0 Å². The van der Waals surface area contributed by atoms with Gasteiger partial charge in [0, 0.05) is 39.6 Å². The summed E-state index contributed by atoms with van der Waals surface area (Å²) in [6, 6.07) is 11.2. The number of hydrogen-bond acceptors (Lipinski definition) is 10. The maximum absolute atomic E-state index is 9.82. The summed E-state index contributed by atoms with van der Waals surface area (Å²) in [5.41, 5.74) is 13.5. The Balaban J connectivity index is 1.56. The van der Waals surface area contributed by atoms with Gasteiger partial charge in [-0.1, -0.05) is 29.3 Å². The van der Waals surface area contributed by atoms with Crippen molar-refractivity contribution in [3.05, 3.63) is 86.2 Å². The summed E-state index contributed by atoms with van der Waals surface area (Å²) in [4.78, 5) is 8.94. The molecule has 0 saturated heterocycles. The number of nitrogens with one attached hydrogen (secondary N) is 4. The van der Waals surface area contributed by atoms with Crippen molar-refractivity contribution in [3.63, 3.8) is 0 Å². The standard InChI is InChI=1S/C25H22Cl2N8OS/c1-14-2-3-16(7-19(14)26)31-23-15(9-28)10-29-24-18(23)6-17(8-20(24)27)32-25(22-12-37-13-30-22)21-11-35(4-5-36)34-33-21/h2-3,6-8,10-13,25,32-34,36H,4-5H2,1H3,(H,29,31)/t25-/m1/s1. The second-order valence-electron chi connectivity index (χ2n) is 8.33. The van der Waals surface area contributed by atoms with Gasteiger partial charge in [0.15, 0.2) is 0 Å². The molecule has 37 heavy (non-hydrogen) atoms. The van der Waals surface area contributed by atoms with Gasteiger partial charge < -0.3 is 21.2 Å². The summed E-state index contributed by atoms with van der Waals surface area (Å²) in [7, 11) is 0. The summed E-state index contributed by atoms with van der Waals surface area (Å²) in [6.07, 6.45) is 3.38. The number of anilines is 3. The van der Waals surface area contributed by atoms with Crippen molar-refractivity contribution < 1.29 is 5.11 Å². The van der Waals surface area contributed by atoms with E-state index in [9.17, 15) is 10.4 Å². The highest BCUT2D eigenvalue weighted by Crippen LogP contribution is 2.37. The minimum Gasteiger partial charge on any atom is -0.394 e. The number of aryl methyl sites for hydroxylation is 1. The lowest BCUT2D eigenvalue weighted by atomic mass is 10.1. The summed E-state index contributed by atoms with van der Waals surface area (Å²) in [6.45, 7) is 2.35. The average Bonchev–Trinajstić information content (AvgIpc) is 3.58. The first kappa shape index (κ1) is 25.1. The maximum atomic E-state index is 9.82. The van der Waals surface area contributed by atoms with Gasteiger partial charge in [0.05, 0.1) is 51.8 Å². The molecule has 9 nitrogen and oxygen atoms in total. The van der Waals surface area contributed by atoms with E-state index in [-0.39, 0.29) is 12.6 Å². The number of halogens is 2. The molecule has 0 fully saturated rings. The molecule has 0 amide bonds. The van der Waals surface area contributed by atoms with Crippen molar-refractivity contribution in [2.45, 2.75) is 13.0 Å². The van der Waals surface area contributed by atoms with Crippen LogP contribution in [0.15, 0.2) is 59.3 Å². The second-order valence-corrected chi connectivity index (χ2v) is 9.86. The summed E-state index contributed by atoms with van der Waals surface area (Å²) in [5, 5.41) is 31.4. The number of thiazole rings is 1. The zero-order valence-electron chi connectivity index (χ0n) is 19.6. The highest BCUT2D eigenvalue weighted by molar-refractivity contribution is 7.07. The van der Waals surface area contributed by atoms with Crippen molar-refractivity contribution in [2.75, 3.05) is 23.8 Å². The minimum atomic E-state index is -0.338. The monoisotopic (exact) mass is 552 g/mol. The van der Waals surface area contributed by atoms with Crippen molar-refractivity contribution in [1.29, 1.82) is 5.26 Å². The number of fused-ring (bicyclic) bond motifs is 1. The van der Waals surface area contributed by atoms with Crippen molar-refractivity contribution in [1.82, 2.24) is 25.9 Å². The Morgan fingerprint density at radius 1 is 1.19 bits per heavy atom. The molecule has 5 rings (SSSR count). The highest BCUT2D eigenvalue weighted by Gasteiger charge is 2.24. The lowest BCUT2D eigenvalue weighted by Gasteiger charge is -2.20. The molecule has 188 valence electrons. The van der Waals surface area contributed by atoms with Crippen LogP contribution in [-0.2, 0) is 0 Å². The van der Waals surface area contributed by atoms with Crippen molar-refractivity contribution in [2.24, 2.45) is 0 Å². The zero-order valence-corrected chi connectivity index (χ0v) is 21.9. The zero-order chi connectivity index (χ0) is 25.9. The Bertz CT molecular complexity index is 1520. The Morgan fingerprint density at radius 3 is 2.76 bits per heavy atom. The normalized spacial score (nSPS) is 13.7. The third-order valence-corrected chi connectivity index (χ3v) is 7.14. The smallest absolute Gasteiger partial charge is 0.113 e. The predicted octanol–water partition coefficient (Wildman–Crippen LogP) is 5.23. The van der Waals surface area contributed by atoms with E-state index >= 15 is 0 Å². The molecule has 0 radical (unpaired) electrons. The van der Waals surface area contributed by atoms with Gasteiger partial charge >= 0.3 is 0 Å². The molecule has 2 aromatic carbocycles. The Kier molecular flexibility index (Phi) is 7.32. The SMILES string of the molecule is Cc1ccc(Nc2c(C#N)cnc3c(Cl)cc(N[C@H](C4=CN(CCO)NN4)c4cscn4)cc23)cc1Cl. The van der Waals surface area contributed by atoms with E-state index in [1.54, 1.807) is 16.6 Å². The Morgan fingerprint density at radius 2 is 2.03 bits per heavy atom. The second kappa shape index (κ2) is 10.8. The Labute approximate surface area is 227 Å². The third kappa shape index (κ3) is 5.27. The molecule has 0 saturated carbocycles. The molecule has 0 unspecified atom stereocenters. The van der Waals surface area contributed by atoms with Gasteiger partial charge in [-0.3, -0.25) is 9.99 Å². The lowest BCUT2D eigenvalue weighted by Crippen LogP contribution is -2.38. The molecule has 0 bridgehead atoms. The number of nitrogens with zero attached hydrogens (tertiary/aromatic N) is 4. The number of aliphatic hydroxyl groups excluding tert-OH is 1. The molecule has 1 aliphatic heterocycles. The van der Waals surface area contributed by atoms with Crippen molar-refractivity contribution in [3.8, 4) is 6.07 Å². The number of rotatable bonds is 8. The van der Waals surface area contributed by atoms with Crippen LogP contribution in [0.3, 0.4) is 0 Å². The molecule has 3 heterocycles. The predicted molar refractivity (Wildman–Crippen MR) is 148 cm³/mol. The summed E-state index contributed by atoms with van der Waals surface area (Å²) >= 11 is 14.5. The molecule has 2 aromatic heterocycles. The van der Waals surface area contributed by atoms with Crippen LogP contribution in [0.5, 0.6) is 0 Å². The van der Waals surface area contributed by atoms with Crippen LogP contribution in [0.4, 0.5) is 17.1 Å². The molecular formula is C25H22Cl2N8OS. The maximum Gasteiger partial charge on any atom is 0.113 e. The summed E-state index contributed by atoms with van der Waals surface area (Å²) in [5.74, 6) is 0. The molecule has 1 aliphatic rings. The number of β-amino-alcohol motifs (C(OH)–C–C–N with tert-alkyl or cyclic N) is 1. The quantitative estimate of drug-likeness (QED) is 0.200. The summed E-state index contributed by atoms with van der Waals surface area (Å²) < 4.78 is 0. The van der Waals surface area contributed by atoms with E-state index in [4.69, 9.17) is 23.2 Å². The van der Waals surface area contributed by atoms with Gasteiger partial charge in [-0.2, -0.15) is 5.26 Å². The number of nitriles is 1. The van der Waals surface area contributed by atoms with E-state index in [1.807, 2.05) is 42.8 Å². The number of pyridine rings is 1. The van der Waals surface area contributed by atoms with Crippen LogP contribution in [0.25, 0.3) is 10.9 Å². The van der Waals surface area contributed by atoms with E-state index in [0.29, 0.717) is 44.4 Å². The number of hydrazine groups is 2. The fourth-order valence-electron chi connectivity index (χ4n) is 3.96. The van der Waals surface area contributed by atoms with Crippen LogP contribution >= 0.6 is 34.5 Å². The fraction of sp³-hybridized carbons (Fsp3) is 0.160. The first-order valence-corrected chi connectivity index (χ1v) is 13.0. The van der Waals surface area contributed by atoms with Gasteiger partial charge in [0.2, 0.25) is 0 Å². The van der Waals surface area contributed by atoms with E-state index in [2.05, 4.69) is 37.6 Å². The minimum absolute atomic E-state index is 0.00371. The topological polar surface area (TPSA) is 121 Å². The molecule has 1 atom stereocenters. The van der Waals surface area contributed by atoms with Crippen LogP contribution in [0.2, 0.25) is 10.0 Å². The van der Waals surface area contributed by atoms with E-state index in [0.717, 1.165) is 22.6 Å². The van der Waals surface area contributed by atoms with Gasteiger partial charge in [-0.25, -0.2) is 4.98 Å². The molecule has 12 heteroatoms. The highest BCUT2D eigenvalue weighted by atomic mass is 35.5. The number of aromatic nitrogens is 2. The van der Waals surface area contributed by atoms with Gasteiger partial charge in [-0.05, 0) is 36.8 Å². The fourth-order valence-corrected chi connectivity index (χ4v) is 4.99. The third-order valence-electron chi connectivity index (χ3n) is 5.84. The van der Waals surface area contributed by atoms with Gasteiger partial charge in [0.1, 0.15) is 12.1 Å². The molecule has 0 aliphatic carbocycles. The molecule has 4 aromatic rings. The molecule has 0 spiro atoms. The molecular weight excluding hydrogens is 531 g/mol. The first-order chi connectivity index (χ1) is 18.0. The van der Waals surface area contributed by atoms with E-state index < -0.39 is 0 Å². The van der Waals surface area contributed by atoms with Crippen LogP contribution in [0, 0.1) is 18.3 Å². The van der Waals surface area contributed by atoms with Crippen molar-refractivity contribution >= 4 is 62.5 Å².